The van der Waals surface area contributed by atoms with Crippen molar-refractivity contribution in [3.8, 4) is 11.4 Å². The van der Waals surface area contributed by atoms with Crippen molar-refractivity contribution in [1.29, 1.82) is 0 Å². The summed E-state index contributed by atoms with van der Waals surface area (Å²) >= 11 is 0. The number of hydrogen-bond acceptors (Lipinski definition) is 8. The maximum atomic E-state index is 13.7. The minimum Gasteiger partial charge on any atom is -0.458 e. The lowest BCUT2D eigenvalue weighted by Gasteiger charge is -2.31. The quantitative estimate of drug-likeness (QED) is 0.273. The number of aliphatic hydroxyl groups excluding tert-OH is 1. The molecule has 0 saturated heterocycles. The zero-order valence-corrected chi connectivity index (χ0v) is 20.5. The van der Waals surface area contributed by atoms with Gasteiger partial charge in [0.15, 0.2) is 5.60 Å². The van der Waals surface area contributed by atoms with Gasteiger partial charge in [-0.2, -0.15) is 0 Å². The van der Waals surface area contributed by atoms with Gasteiger partial charge in [-0.25, -0.2) is 14.5 Å². The Morgan fingerprint density at radius 1 is 1.13 bits per heavy atom. The number of aromatic nitrogens is 5. The summed E-state index contributed by atoms with van der Waals surface area (Å²) in [5.41, 5.74) is 2.57. The highest BCUT2D eigenvalue weighted by atomic mass is 16.6. The van der Waals surface area contributed by atoms with E-state index in [0.29, 0.717) is 23.6 Å². The molecule has 0 radical (unpaired) electrons. The van der Waals surface area contributed by atoms with Gasteiger partial charge in [-0.3, -0.25) is 4.79 Å². The molecule has 2 aliphatic rings. The standard InChI is InChI=1S/C28H23N5O5/c1-2-28(37)21-9-23-25-19(12-33(23)26(35)20(21)14-38-27(28)36)18(11-32-10-16(13-34)30-31-32)24-17-6-4-3-5-15(17)7-8-22(24)29-25/h3-10,34,37H,2,11-14H2,1H3/t28-/m0/s1. The molecular formula is C28H23N5O5. The normalized spacial score (nSPS) is 17.9. The lowest BCUT2D eigenvalue weighted by atomic mass is 9.86. The summed E-state index contributed by atoms with van der Waals surface area (Å²) in [5, 5.41) is 31.9. The van der Waals surface area contributed by atoms with Crippen molar-refractivity contribution < 1.29 is 19.7 Å². The van der Waals surface area contributed by atoms with Gasteiger partial charge in [0.2, 0.25) is 0 Å². The summed E-state index contributed by atoms with van der Waals surface area (Å²) in [4.78, 5) is 31.2. The van der Waals surface area contributed by atoms with E-state index in [-0.39, 0.29) is 42.9 Å². The van der Waals surface area contributed by atoms with Crippen LogP contribution in [0.25, 0.3) is 33.1 Å². The molecule has 1 atom stereocenters. The number of fused-ring (bicyclic) bond motifs is 7. The van der Waals surface area contributed by atoms with E-state index in [1.807, 2.05) is 36.4 Å². The molecule has 10 heteroatoms. The Kier molecular flexibility index (Phi) is 4.82. The number of hydrogen-bond donors (Lipinski definition) is 2. The van der Waals surface area contributed by atoms with Gasteiger partial charge in [-0.05, 0) is 34.9 Å². The fourth-order valence-corrected chi connectivity index (χ4v) is 5.77. The van der Waals surface area contributed by atoms with Gasteiger partial charge in [0.05, 0.1) is 48.4 Å². The topological polar surface area (TPSA) is 132 Å². The maximum Gasteiger partial charge on any atom is 0.343 e. The minimum atomic E-state index is -1.89. The van der Waals surface area contributed by atoms with E-state index >= 15 is 0 Å². The van der Waals surface area contributed by atoms with Crippen LogP contribution in [0.5, 0.6) is 0 Å². The Labute approximate surface area is 215 Å². The first kappa shape index (κ1) is 22.8. The van der Waals surface area contributed by atoms with Crippen LogP contribution in [0.1, 0.15) is 41.3 Å². The fourth-order valence-electron chi connectivity index (χ4n) is 5.77. The number of ether oxygens (including phenoxy) is 1. The van der Waals surface area contributed by atoms with Crippen molar-refractivity contribution in [2.45, 2.75) is 45.2 Å². The Bertz CT molecular complexity index is 1870. The van der Waals surface area contributed by atoms with Crippen LogP contribution in [-0.2, 0) is 41.4 Å². The Hall–Kier alpha value is -4.41. The molecular weight excluding hydrogens is 486 g/mol. The first-order valence-corrected chi connectivity index (χ1v) is 12.4. The molecule has 0 bridgehead atoms. The number of benzene rings is 2. The fraction of sp³-hybridized carbons (Fsp3) is 0.250. The van der Waals surface area contributed by atoms with Gasteiger partial charge in [0.1, 0.15) is 12.3 Å². The lowest BCUT2D eigenvalue weighted by molar-refractivity contribution is -0.172. The molecule has 0 spiro atoms. The molecule has 2 N–H and O–H groups in total. The zero-order valence-electron chi connectivity index (χ0n) is 20.5. The summed E-state index contributed by atoms with van der Waals surface area (Å²) in [6.45, 7) is 1.92. The first-order valence-electron chi connectivity index (χ1n) is 12.4. The van der Waals surface area contributed by atoms with Crippen molar-refractivity contribution in [1.82, 2.24) is 24.5 Å². The highest BCUT2D eigenvalue weighted by Crippen LogP contribution is 2.41. The number of aliphatic hydroxyl groups is 2. The monoisotopic (exact) mass is 509 g/mol. The predicted molar refractivity (Wildman–Crippen MR) is 137 cm³/mol. The van der Waals surface area contributed by atoms with E-state index in [9.17, 15) is 19.8 Å². The summed E-state index contributed by atoms with van der Waals surface area (Å²) < 4.78 is 8.50. The molecule has 190 valence electrons. The predicted octanol–water partition coefficient (Wildman–Crippen LogP) is 2.36. The van der Waals surface area contributed by atoms with Crippen molar-refractivity contribution in [3.63, 3.8) is 0 Å². The third kappa shape index (κ3) is 3.04. The second kappa shape index (κ2) is 8.04. The minimum absolute atomic E-state index is 0.0798. The molecule has 38 heavy (non-hydrogen) atoms. The summed E-state index contributed by atoms with van der Waals surface area (Å²) in [7, 11) is 0. The van der Waals surface area contributed by atoms with Crippen LogP contribution < -0.4 is 5.56 Å². The number of nitrogens with zero attached hydrogens (tertiary/aromatic N) is 5. The van der Waals surface area contributed by atoms with Crippen LogP contribution in [-0.4, -0.2) is 40.7 Å². The molecule has 2 aromatic carbocycles. The van der Waals surface area contributed by atoms with E-state index < -0.39 is 11.6 Å². The molecule has 7 rings (SSSR count). The molecule has 10 nitrogen and oxygen atoms in total. The molecule has 2 aliphatic heterocycles. The summed E-state index contributed by atoms with van der Waals surface area (Å²) in [6, 6.07) is 13.7. The molecule has 0 saturated carbocycles. The van der Waals surface area contributed by atoms with Crippen molar-refractivity contribution in [2.75, 3.05) is 0 Å². The highest BCUT2D eigenvalue weighted by molar-refractivity contribution is 6.09. The first-order chi connectivity index (χ1) is 18.4. The second-order valence-electron chi connectivity index (χ2n) is 9.77. The largest absolute Gasteiger partial charge is 0.458 e. The smallest absolute Gasteiger partial charge is 0.343 e. The van der Waals surface area contributed by atoms with E-state index in [1.54, 1.807) is 28.4 Å². The van der Waals surface area contributed by atoms with E-state index in [0.717, 1.165) is 32.8 Å². The van der Waals surface area contributed by atoms with Gasteiger partial charge < -0.3 is 19.5 Å². The summed E-state index contributed by atoms with van der Waals surface area (Å²) in [5.74, 6) is -0.750. The van der Waals surface area contributed by atoms with Crippen LogP contribution in [0.3, 0.4) is 0 Å². The highest BCUT2D eigenvalue weighted by Gasteiger charge is 2.45. The average Bonchev–Trinajstić information content (AvgIpc) is 3.55. The Morgan fingerprint density at radius 3 is 2.76 bits per heavy atom. The number of rotatable bonds is 4. The van der Waals surface area contributed by atoms with E-state index in [4.69, 9.17) is 9.72 Å². The molecule has 0 fully saturated rings. The number of carbonyl (C=O) groups excluding carboxylic acids is 1. The third-order valence-electron chi connectivity index (χ3n) is 7.76. The van der Waals surface area contributed by atoms with Gasteiger partial charge in [0.25, 0.3) is 5.56 Å². The number of pyridine rings is 2. The van der Waals surface area contributed by atoms with Crippen molar-refractivity contribution >= 4 is 27.6 Å². The average molecular weight is 510 g/mol. The van der Waals surface area contributed by atoms with Crippen LogP contribution in [0.15, 0.2) is 53.5 Å². The lowest BCUT2D eigenvalue weighted by Crippen LogP contribution is -2.44. The molecule has 5 aromatic rings. The summed E-state index contributed by atoms with van der Waals surface area (Å²) in [6.07, 6.45) is 1.78. The van der Waals surface area contributed by atoms with Crippen LogP contribution >= 0.6 is 0 Å². The van der Waals surface area contributed by atoms with Gasteiger partial charge in [0, 0.05) is 16.5 Å². The Morgan fingerprint density at radius 2 is 1.97 bits per heavy atom. The second-order valence-corrected chi connectivity index (χ2v) is 9.77. The number of carbonyl (C=O) groups is 1. The molecule has 0 unspecified atom stereocenters. The van der Waals surface area contributed by atoms with Crippen LogP contribution in [0.2, 0.25) is 0 Å². The SMILES string of the molecule is CC[C@@]1(O)C(=O)OCc2c1cc1n(c2=O)Cc2c-1nc1ccc3ccccc3c1c2Cn1cc(CO)nn1. The maximum absolute atomic E-state index is 13.7. The number of esters is 1. The molecule has 3 aromatic heterocycles. The van der Waals surface area contributed by atoms with E-state index in [2.05, 4.69) is 10.3 Å². The third-order valence-corrected chi connectivity index (χ3v) is 7.76. The van der Waals surface area contributed by atoms with Crippen LogP contribution in [0, 0.1) is 0 Å². The Balaban J connectivity index is 1.53. The van der Waals surface area contributed by atoms with Gasteiger partial charge in [-0.1, -0.05) is 42.5 Å². The molecule has 0 amide bonds. The van der Waals surface area contributed by atoms with E-state index in [1.165, 1.54) is 0 Å². The molecule has 5 heterocycles. The number of cyclic esters (lactones) is 1. The van der Waals surface area contributed by atoms with Crippen molar-refractivity contribution in [2.24, 2.45) is 0 Å². The van der Waals surface area contributed by atoms with Gasteiger partial charge in [-0.15, -0.1) is 5.10 Å². The zero-order chi connectivity index (χ0) is 26.2. The van der Waals surface area contributed by atoms with Gasteiger partial charge >= 0.3 is 5.97 Å². The van der Waals surface area contributed by atoms with Crippen LogP contribution in [0.4, 0.5) is 0 Å². The molecule has 0 aliphatic carbocycles. The van der Waals surface area contributed by atoms with Crippen molar-refractivity contribution in [3.05, 3.63) is 87.0 Å².